The lowest BCUT2D eigenvalue weighted by atomic mass is 10.4. The molecule has 0 spiro atoms. The van der Waals surface area contributed by atoms with Gasteiger partial charge in [0.2, 0.25) is 0 Å². The summed E-state index contributed by atoms with van der Waals surface area (Å²) in [6.45, 7) is 2.74. The van der Waals surface area contributed by atoms with Gasteiger partial charge in [-0.1, -0.05) is 0 Å². The number of nitrogens with one attached hydrogen (secondary N) is 1. The predicted octanol–water partition coefficient (Wildman–Crippen LogP) is -0.209. The van der Waals surface area contributed by atoms with Crippen molar-refractivity contribution in [3.63, 3.8) is 0 Å². The lowest BCUT2D eigenvalue weighted by molar-refractivity contribution is 0.735. The van der Waals surface area contributed by atoms with E-state index in [1.54, 1.807) is 23.5 Å². The van der Waals surface area contributed by atoms with Gasteiger partial charge in [-0.15, -0.1) is 16.4 Å². The van der Waals surface area contributed by atoms with Gasteiger partial charge in [0.25, 0.3) is 0 Å². The highest BCUT2D eigenvalue weighted by Crippen LogP contribution is 2.09. The predicted molar refractivity (Wildman–Crippen MR) is 71.2 cm³/mol. The second kappa shape index (κ2) is 5.50. The molecule has 5 N–H and O–H groups in total. The number of aryl methyl sites for hydroxylation is 1. The first-order valence-corrected chi connectivity index (χ1v) is 6.31. The molecule has 0 fully saturated rings. The summed E-state index contributed by atoms with van der Waals surface area (Å²) in [5, 5.41) is 13.9. The Kier molecular flexibility index (Phi) is 3.78. The zero-order valence-corrected chi connectivity index (χ0v) is 10.8. The van der Waals surface area contributed by atoms with Gasteiger partial charge in [0.05, 0.1) is 5.01 Å². The molecule has 2 aromatic rings. The highest BCUT2D eigenvalue weighted by molar-refractivity contribution is 7.09. The largest absolute Gasteiger partial charge is 0.368 e. The van der Waals surface area contributed by atoms with Crippen molar-refractivity contribution in [3.05, 3.63) is 33.7 Å². The number of nitrogens with two attached hydrogens (primary N) is 2. The lowest BCUT2D eigenvalue weighted by Gasteiger charge is -2.05. The van der Waals surface area contributed by atoms with Gasteiger partial charge in [-0.2, -0.15) is 9.89 Å². The maximum Gasteiger partial charge on any atom is 0.190 e. The summed E-state index contributed by atoms with van der Waals surface area (Å²) < 4.78 is 0. The van der Waals surface area contributed by atoms with E-state index < -0.39 is 0 Å². The number of nitrogen functional groups attached to an aromatic ring is 1. The number of nitrogens with zero attached hydrogens (tertiary/aromatic N) is 4. The zero-order chi connectivity index (χ0) is 13.0. The molecular formula is C10H15N7S. The van der Waals surface area contributed by atoms with E-state index >= 15 is 0 Å². The smallest absolute Gasteiger partial charge is 0.190 e. The van der Waals surface area contributed by atoms with E-state index in [2.05, 4.69) is 20.5 Å². The van der Waals surface area contributed by atoms with Crippen LogP contribution in [0.25, 0.3) is 0 Å². The molecule has 0 saturated carbocycles. The quantitative estimate of drug-likeness (QED) is 0.524. The standard InChI is InChI=1S/C10H15N7S/c1-7-6-18-10(14-7)4-5-13-8-2-3-9(15-11)17(12)16-8/h2-3,6H,4-5,11-12H2,1H3,(H,13,16)/b15-9-. The van der Waals surface area contributed by atoms with Crippen LogP contribution in [0.5, 0.6) is 0 Å². The van der Waals surface area contributed by atoms with E-state index in [0.29, 0.717) is 11.3 Å². The Labute approximate surface area is 108 Å². The van der Waals surface area contributed by atoms with Crippen LogP contribution in [0.1, 0.15) is 10.7 Å². The Morgan fingerprint density at radius 1 is 1.50 bits per heavy atom. The van der Waals surface area contributed by atoms with Gasteiger partial charge in [-0.05, 0) is 19.1 Å². The highest BCUT2D eigenvalue weighted by atomic mass is 32.1. The minimum atomic E-state index is 0.413. The van der Waals surface area contributed by atoms with Crippen molar-refractivity contribution in [1.82, 2.24) is 14.9 Å². The van der Waals surface area contributed by atoms with E-state index in [-0.39, 0.29) is 0 Å². The molecular weight excluding hydrogens is 250 g/mol. The molecule has 0 aliphatic rings. The number of aromatic nitrogens is 3. The van der Waals surface area contributed by atoms with Crippen LogP contribution in [0, 0.1) is 6.92 Å². The van der Waals surface area contributed by atoms with Crippen molar-refractivity contribution < 1.29 is 0 Å². The van der Waals surface area contributed by atoms with Crippen molar-refractivity contribution in [3.8, 4) is 0 Å². The number of hydrogen-bond acceptors (Lipinski definition) is 7. The molecule has 2 rings (SSSR count). The van der Waals surface area contributed by atoms with Crippen molar-refractivity contribution >= 4 is 17.2 Å². The third kappa shape index (κ3) is 2.98. The van der Waals surface area contributed by atoms with Crippen LogP contribution < -0.4 is 22.5 Å². The Morgan fingerprint density at radius 2 is 2.33 bits per heavy atom. The zero-order valence-electron chi connectivity index (χ0n) is 10.00. The molecule has 7 nitrogen and oxygen atoms in total. The Balaban J connectivity index is 1.92. The molecule has 0 aliphatic carbocycles. The van der Waals surface area contributed by atoms with Gasteiger partial charge in [0.1, 0.15) is 5.82 Å². The molecule has 0 saturated heterocycles. The SMILES string of the molecule is Cc1csc(CCNc2cc/c(=N/N)n(N)n2)n1. The van der Waals surface area contributed by atoms with Gasteiger partial charge in [0, 0.05) is 24.0 Å². The number of anilines is 1. The summed E-state index contributed by atoms with van der Waals surface area (Å²) in [4.78, 5) is 5.52. The minimum absolute atomic E-state index is 0.413. The Morgan fingerprint density at radius 3 is 2.94 bits per heavy atom. The molecule has 0 aromatic carbocycles. The molecule has 0 amide bonds. The topological polar surface area (TPSA) is 107 Å². The third-order valence-electron chi connectivity index (χ3n) is 2.28. The molecule has 0 radical (unpaired) electrons. The first-order valence-electron chi connectivity index (χ1n) is 5.43. The summed E-state index contributed by atoms with van der Waals surface area (Å²) in [6, 6.07) is 3.48. The van der Waals surface area contributed by atoms with Gasteiger partial charge in [-0.25, -0.2) is 4.98 Å². The van der Waals surface area contributed by atoms with Crippen LogP contribution in [0.2, 0.25) is 0 Å². The fourth-order valence-corrected chi connectivity index (χ4v) is 2.22. The maximum atomic E-state index is 5.60. The van der Waals surface area contributed by atoms with Gasteiger partial charge in [0.15, 0.2) is 5.49 Å². The monoisotopic (exact) mass is 265 g/mol. The summed E-state index contributed by atoms with van der Waals surface area (Å²) in [5.41, 5.74) is 1.47. The highest BCUT2D eigenvalue weighted by Gasteiger charge is 2.00. The molecule has 0 atom stereocenters. The third-order valence-corrected chi connectivity index (χ3v) is 3.31. The van der Waals surface area contributed by atoms with E-state index in [9.17, 15) is 0 Å². The molecule has 8 heteroatoms. The fourth-order valence-electron chi connectivity index (χ4n) is 1.44. The van der Waals surface area contributed by atoms with Crippen LogP contribution >= 0.6 is 11.3 Å². The van der Waals surface area contributed by atoms with E-state index in [1.807, 2.05) is 12.3 Å². The molecule has 0 unspecified atom stereocenters. The summed E-state index contributed by atoms with van der Waals surface area (Å²) in [6.07, 6.45) is 0.855. The molecule has 18 heavy (non-hydrogen) atoms. The average Bonchev–Trinajstić information content (AvgIpc) is 2.75. The van der Waals surface area contributed by atoms with E-state index in [1.165, 1.54) is 0 Å². The molecule has 0 bridgehead atoms. The van der Waals surface area contributed by atoms with E-state index in [0.717, 1.165) is 28.5 Å². The van der Waals surface area contributed by atoms with Gasteiger partial charge < -0.3 is 17.0 Å². The van der Waals surface area contributed by atoms with Crippen LogP contribution in [0.4, 0.5) is 5.82 Å². The van der Waals surface area contributed by atoms with E-state index in [4.69, 9.17) is 11.7 Å². The maximum absolute atomic E-state index is 5.60. The Bertz CT molecular complexity index is 586. The van der Waals surface area contributed by atoms with Crippen LogP contribution in [-0.4, -0.2) is 21.4 Å². The molecule has 0 aliphatic heterocycles. The molecule has 2 aromatic heterocycles. The summed E-state index contributed by atoms with van der Waals surface area (Å²) >= 11 is 1.66. The summed E-state index contributed by atoms with van der Waals surface area (Å²) in [5.74, 6) is 11.4. The van der Waals surface area contributed by atoms with Crippen molar-refractivity contribution in [1.29, 1.82) is 0 Å². The number of hydrogen-bond donors (Lipinski definition) is 3. The molecule has 96 valence electrons. The molecule has 2 heterocycles. The van der Waals surface area contributed by atoms with Crippen molar-refractivity contribution in [2.24, 2.45) is 10.9 Å². The van der Waals surface area contributed by atoms with Crippen LogP contribution in [-0.2, 0) is 6.42 Å². The average molecular weight is 265 g/mol. The first kappa shape index (κ1) is 12.4. The number of rotatable bonds is 4. The van der Waals surface area contributed by atoms with Crippen molar-refractivity contribution in [2.45, 2.75) is 13.3 Å². The number of thiazole rings is 1. The van der Waals surface area contributed by atoms with Crippen LogP contribution in [0.3, 0.4) is 0 Å². The van der Waals surface area contributed by atoms with Crippen molar-refractivity contribution in [2.75, 3.05) is 17.7 Å². The Hall–Kier alpha value is -2.09. The van der Waals surface area contributed by atoms with Gasteiger partial charge >= 0.3 is 0 Å². The minimum Gasteiger partial charge on any atom is -0.368 e. The first-order chi connectivity index (χ1) is 8.69. The second-order valence-corrected chi connectivity index (χ2v) is 4.65. The fraction of sp³-hybridized carbons (Fsp3) is 0.300. The van der Waals surface area contributed by atoms with Crippen LogP contribution in [0.15, 0.2) is 22.6 Å². The van der Waals surface area contributed by atoms with Gasteiger partial charge in [-0.3, -0.25) is 0 Å². The summed E-state index contributed by atoms with van der Waals surface area (Å²) in [7, 11) is 0. The second-order valence-electron chi connectivity index (χ2n) is 3.71. The normalized spacial score (nSPS) is 11.7. The lowest BCUT2D eigenvalue weighted by Crippen LogP contribution is -2.31.